The minimum absolute atomic E-state index is 0.0357. The predicted molar refractivity (Wildman–Crippen MR) is 95.6 cm³/mol. The first-order valence-corrected chi connectivity index (χ1v) is 8.49. The number of esters is 4. The number of anilines is 1. The number of benzene rings is 1. The number of hydrogen-bond donors (Lipinski definition) is 0. The minimum Gasteiger partial charge on any atom is -0.489 e. The molecule has 0 bridgehead atoms. The topological polar surface area (TPSA) is 135 Å². The van der Waals surface area contributed by atoms with E-state index in [2.05, 4.69) is 9.47 Å². The predicted octanol–water partition coefficient (Wildman–Crippen LogP) is -0.427. The van der Waals surface area contributed by atoms with Crippen molar-refractivity contribution in [2.75, 3.05) is 33.3 Å². The molecule has 1 aromatic rings. The van der Waals surface area contributed by atoms with Gasteiger partial charge in [0.15, 0.2) is 0 Å². The minimum atomic E-state index is -2.31. The van der Waals surface area contributed by atoms with Crippen molar-refractivity contribution >= 4 is 35.5 Å². The second-order valence-electron chi connectivity index (χ2n) is 6.11. The van der Waals surface area contributed by atoms with E-state index in [0.29, 0.717) is 0 Å². The summed E-state index contributed by atoms with van der Waals surface area (Å²) in [5, 5.41) is 0. The number of carbonyl (C=O) groups excluding carboxylic acids is 5. The van der Waals surface area contributed by atoms with E-state index in [0.717, 1.165) is 33.3 Å². The highest BCUT2D eigenvalue weighted by Gasteiger charge is 2.67. The fourth-order valence-electron chi connectivity index (χ4n) is 3.52. The Kier molecular flexibility index (Phi) is 5.21. The molecule has 2 heterocycles. The van der Waals surface area contributed by atoms with Crippen LogP contribution in [0.3, 0.4) is 0 Å². The lowest BCUT2D eigenvalue weighted by Crippen LogP contribution is -2.54. The second-order valence-corrected chi connectivity index (χ2v) is 6.11. The average Bonchev–Trinajstić information content (AvgIpc) is 3.19. The molecule has 0 aromatic heterocycles. The van der Waals surface area contributed by atoms with Gasteiger partial charge in [-0.25, -0.2) is 19.2 Å². The van der Waals surface area contributed by atoms with Crippen LogP contribution >= 0.6 is 0 Å². The van der Waals surface area contributed by atoms with Gasteiger partial charge < -0.3 is 23.7 Å². The highest BCUT2D eigenvalue weighted by molar-refractivity contribution is 6.23. The summed E-state index contributed by atoms with van der Waals surface area (Å²) in [5.41, 5.74) is -2.75. The number of nitrogens with zero attached hydrogens (tertiary/aromatic N) is 1. The van der Waals surface area contributed by atoms with Crippen molar-refractivity contribution in [3.8, 4) is 0 Å². The van der Waals surface area contributed by atoms with E-state index in [9.17, 15) is 24.0 Å². The third-order valence-electron chi connectivity index (χ3n) is 4.77. The van der Waals surface area contributed by atoms with Gasteiger partial charge in [0.2, 0.25) is 11.8 Å². The van der Waals surface area contributed by atoms with Crippen LogP contribution < -0.4 is 4.90 Å². The molecule has 1 aromatic carbocycles. The first-order valence-electron chi connectivity index (χ1n) is 8.49. The number of ether oxygens (including phenoxy) is 5. The molecule has 0 radical (unpaired) electrons. The summed E-state index contributed by atoms with van der Waals surface area (Å²) in [6, 6.07) is 4.02. The van der Waals surface area contributed by atoms with Crippen molar-refractivity contribution in [2.45, 2.75) is 11.6 Å². The van der Waals surface area contributed by atoms with E-state index < -0.39 is 52.8 Å². The van der Waals surface area contributed by atoms with E-state index >= 15 is 0 Å². The van der Waals surface area contributed by atoms with Crippen LogP contribution in [0.15, 0.2) is 35.6 Å². The Balaban J connectivity index is 2.32. The van der Waals surface area contributed by atoms with E-state index in [1.54, 1.807) is 0 Å². The van der Waals surface area contributed by atoms with Crippen LogP contribution in [0.25, 0.3) is 0 Å². The summed E-state index contributed by atoms with van der Waals surface area (Å²) in [6.45, 7) is 0. The zero-order chi connectivity index (χ0) is 22.2. The molecule has 11 heteroatoms. The van der Waals surface area contributed by atoms with Gasteiger partial charge in [-0.05, 0) is 6.07 Å². The van der Waals surface area contributed by atoms with Crippen LogP contribution in [0.5, 0.6) is 0 Å². The number of hydrogen-bond acceptors (Lipinski definition) is 10. The van der Waals surface area contributed by atoms with Crippen molar-refractivity contribution in [1.29, 1.82) is 0 Å². The normalized spacial score (nSPS) is 19.7. The number of para-hydroxylation sites is 1. The lowest BCUT2D eigenvalue weighted by molar-refractivity contribution is -0.160. The van der Waals surface area contributed by atoms with Crippen molar-refractivity contribution in [2.24, 2.45) is 0 Å². The summed E-state index contributed by atoms with van der Waals surface area (Å²) >= 11 is 0. The highest BCUT2D eigenvalue weighted by atomic mass is 16.6. The fourth-order valence-corrected chi connectivity index (χ4v) is 3.52. The van der Waals surface area contributed by atoms with Crippen LogP contribution in [0.4, 0.5) is 5.69 Å². The Morgan fingerprint density at radius 1 is 0.967 bits per heavy atom. The summed E-state index contributed by atoms with van der Waals surface area (Å²) in [6.07, 6.45) is 0. The van der Waals surface area contributed by atoms with Crippen LogP contribution in [-0.4, -0.2) is 64.3 Å². The second kappa shape index (κ2) is 7.50. The monoisotopic (exact) mass is 419 g/mol. The van der Waals surface area contributed by atoms with Gasteiger partial charge in [-0.1, -0.05) is 18.2 Å². The van der Waals surface area contributed by atoms with Gasteiger partial charge in [0.05, 0.1) is 34.1 Å². The van der Waals surface area contributed by atoms with Crippen molar-refractivity contribution in [3.05, 3.63) is 41.2 Å². The fraction of sp³-hybridized carbons (Fsp3) is 0.316. The van der Waals surface area contributed by atoms with Gasteiger partial charge in [0, 0.05) is 5.56 Å². The van der Waals surface area contributed by atoms with Crippen molar-refractivity contribution < 1.29 is 47.7 Å². The highest BCUT2D eigenvalue weighted by Crippen LogP contribution is 2.52. The first kappa shape index (κ1) is 20.8. The number of amides is 1. The Morgan fingerprint density at radius 2 is 1.57 bits per heavy atom. The Morgan fingerprint density at radius 3 is 2.10 bits per heavy atom. The molecule has 1 spiro atoms. The van der Waals surface area contributed by atoms with Gasteiger partial charge >= 0.3 is 23.9 Å². The maximum atomic E-state index is 13.6. The molecule has 1 amide bonds. The van der Waals surface area contributed by atoms with Crippen molar-refractivity contribution in [1.82, 2.24) is 0 Å². The zero-order valence-corrected chi connectivity index (χ0v) is 16.4. The van der Waals surface area contributed by atoms with Crippen LogP contribution in [-0.2, 0) is 53.3 Å². The van der Waals surface area contributed by atoms with Gasteiger partial charge in [-0.15, -0.1) is 0 Å². The molecular weight excluding hydrogens is 402 g/mol. The Labute approximate surface area is 170 Å². The number of methoxy groups -OCH3 is 4. The molecule has 2 aliphatic rings. The van der Waals surface area contributed by atoms with E-state index in [-0.39, 0.29) is 11.3 Å². The molecule has 158 valence electrons. The molecule has 0 fully saturated rings. The standard InChI is InChI=1S/C19H17NO10/c1-26-13-11(14(21)27-2)19(30-17(13)24)9-7-5-6-8-10(9)20(18(19)25)12(15(22)28-3)16(23)29-4/h5-8,12H,1-4H3. The Hall–Kier alpha value is -3.89. The molecule has 0 saturated heterocycles. The van der Waals surface area contributed by atoms with Gasteiger partial charge in [0.1, 0.15) is 5.57 Å². The van der Waals surface area contributed by atoms with Crippen LogP contribution in [0, 0.1) is 0 Å². The summed E-state index contributed by atoms with van der Waals surface area (Å²) in [7, 11) is 4.22. The molecule has 2 aliphatic heterocycles. The maximum absolute atomic E-state index is 13.6. The number of carbonyl (C=O) groups is 5. The number of fused-ring (bicyclic) bond motifs is 2. The van der Waals surface area contributed by atoms with E-state index in [1.165, 1.54) is 24.3 Å². The summed E-state index contributed by atoms with van der Waals surface area (Å²) in [5.74, 6) is -5.93. The third-order valence-corrected chi connectivity index (χ3v) is 4.77. The summed E-state index contributed by atoms with van der Waals surface area (Å²) < 4.78 is 24.4. The molecule has 3 rings (SSSR count). The number of rotatable bonds is 5. The Bertz CT molecular complexity index is 981. The van der Waals surface area contributed by atoms with E-state index in [4.69, 9.17) is 14.2 Å². The molecule has 11 nitrogen and oxygen atoms in total. The molecule has 0 saturated carbocycles. The molecule has 1 atom stereocenters. The first-order chi connectivity index (χ1) is 14.3. The maximum Gasteiger partial charge on any atom is 0.376 e. The third kappa shape index (κ3) is 2.62. The van der Waals surface area contributed by atoms with Gasteiger partial charge in [0.25, 0.3) is 11.5 Å². The molecule has 1 unspecified atom stereocenters. The van der Waals surface area contributed by atoms with E-state index in [1.807, 2.05) is 0 Å². The van der Waals surface area contributed by atoms with Crippen LogP contribution in [0.1, 0.15) is 5.56 Å². The van der Waals surface area contributed by atoms with Crippen LogP contribution in [0.2, 0.25) is 0 Å². The molecular formula is C19H17NO10. The summed E-state index contributed by atoms with van der Waals surface area (Å²) in [4.78, 5) is 64.1. The lowest BCUT2D eigenvalue weighted by Gasteiger charge is -2.27. The zero-order valence-electron chi connectivity index (χ0n) is 16.4. The largest absolute Gasteiger partial charge is 0.489 e. The lowest BCUT2D eigenvalue weighted by atomic mass is 9.87. The van der Waals surface area contributed by atoms with Gasteiger partial charge in [-0.3, -0.25) is 9.69 Å². The van der Waals surface area contributed by atoms with Gasteiger partial charge in [-0.2, -0.15) is 0 Å². The molecule has 0 N–H and O–H groups in total. The van der Waals surface area contributed by atoms with Crippen molar-refractivity contribution in [3.63, 3.8) is 0 Å². The quantitative estimate of drug-likeness (QED) is 0.351. The SMILES string of the molecule is COC(=O)C1=C(OC)C(=O)OC12C(=O)N(C(C(=O)OC)C(=O)OC)c1ccccc12. The smallest absolute Gasteiger partial charge is 0.376 e. The molecule has 0 aliphatic carbocycles. The molecule has 30 heavy (non-hydrogen) atoms. The average molecular weight is 419 g/mol.